The molecule has 1 unspecified atom stereocenters. The summed E-state index contributed by atoms with van der Waals surface area (Å²) in [6.07, 6.45) is 0. The average Bonchev–Trinajstić information content (AvgIpc) is 3.25. The lowest BCUT2D eigenvalue weighted by Gasteiger charge is -2.29. The summed E-state index contributed by atoms with van der Waals surface area (Å²) in [6, 6.07) is 6.58. The van der Waals surface area contributed by atoms with Crippen molar-refractivity contribution in [2.24, 2.45) is 0 Å². The Kier molecular flexibility index (Phi) is 9.04. The second kappa shape index (κ2) is 11.5. The molecule has 0 aliphatic heterocycles. The Bertz CT molecular complexity index is 794. The number of amides is 1. The summed E-state index contributed by atoms with van der Waals surface area (Å²) in [5.74, 6) is -0.330. The molecule has 9 heteroatoms. The number of nitrogens with one attached hydrogen (secondary N) is 2. The van der Waals surface area contributed by atoms with Crippen LogP contribution in [0.1, 0.15) is 35.8 Å². The van der Waals surface area contributed by atoms with Gasteiger partial charge in [-0.05, 0) is 47.6 Å². The molecule has 0 aliphatic rings. The summed E-state index contributed by atoms with van der Waals surface area (Å²) in [5, 5.41) is 21.4. The molecule has 0 radical (unpaired) electrons. The van der Waals surface area contributed by atoms with Crippen LogP contribution in [0.4, 0.5) is 11.4 Å². The van der Waals surface area contributed by atoms with E-state index < -0.39 is 4.92 Å². The minimum Gasteiger partial charge on any atom is -0.383 e. The first-order valence-corrected chi connectivity index (χ1v) is 10.5. The summed E-state index contributed by atoms with van der Waals surface area (Å²) in [5.41, 5.74) is 1.65. The largest absolute Gasteiger partial charge is 0.383 e. The number of methoxy groups -OCH3 is 1. The van der Waals surface area contributed by atoms with Crippen LogP contribution in [-0.4, -0.2) is 55.6 Å². The Morgan fingerprint density at radius 2 is 2.07 bits per heavy atom. The van der Waals surface area contributed by atoms with Crippen molar-refractivity contribution >= 4 is 28.6 Å². The van der Waals surface area contributed by atoms with Crippen molar-refractivity contribution in [3.63, 3.8) is 0 Å². The number of nitrogens with zero attached hydrogens (tertiary/aromatic N) is 2. The monoisotopic (exact) mass is 420 g/mol. The minimum atomic E-state index is -0.490. The van der Waals surface area contributed by atoms with Gasteiger partial charge in [-0.3, -0.25) is 19.8 Å². The van der Waals surface area contributed by atoms with E-state index in [1.165, 1.54) is 6.07 Å². The number of benzene rings is 1. The highest BCUT2D eigenvalue weighted by Crippen LogP contribution is 2.26. The lowest BCUT2D eigenvalue weighted by Crippen LogP contribution is -2.37. The zero-order chi connectivity index (χ0) is 21.2. The van der Waals surface area contributed by atoms with Gasteiger partial charge in [-0.25, -0.2) is 0 Å². The van der Waals surface area contributed by atoms with Crippen LogP contribution < -0.4 is 10.6 Å². The second-order valence-electron chi connectivity index (χ2n) is 6.41. The van der Waals surface area contributed by atoms with Gasteiger partial charge in [0.2, 0.25) is 0 Å². The molecule has 0 bridgehead atoms. The molecule has 8 nitrogen and oxygen atoms in total. The van der Waals surface area contributed by atoms with Crippen LogP contribution in [0.3, 0.4) is 0 Å². The second-order valence-corrected chi connectivity index (χ2v) is 7.19. The van der Waals surface area contributed by atoms with Crippen LogP contribution in [0.25, 0.3) is 0 Å². The highest BCUT2D eigenvalue weighted by Gasteiger charge is 2.21. The number of thiophene rings is 1. The van der Waals surface area contributed by atoms with Crippen molar-refractivity contribution in [1.29, 1.82) is 0 Å². The van der Waals surface area contributed by atoms with Gasteiger partial charge < -0.3 is 15.4 Å². The van der Waals surface area contributed by atoms with E-state index in [2.05, 4.69) is 40.8 Å². The lowest BCUT2D eigenvalue weighted by molar-refractivity contribution is -0.384. The Balaban J connectivity index is 2.12. The maximum atomic E-state index is 12.7. The maximum absolute atomic E-state index is 12.7. The van der Waals surface area contributed by atoms with E-state index >= 15 is 0 Å². The molecule has 1 atom stereocenters. The van der Waals surface area contributed by atoms with Crippen molar-refractivity contribution in [3.8, 4) is 0 Å². The van der Waals surface area contributed by atoms with Crippen molar-refractivity contribution in [2.45, 2.75) is 19.9 Å². The quantitative estimate of drug-likeness (QED) is 0.310. The Labute approximate surface area is 175 Å². The summed E-state index contributed by atoms with van der Waals surface area (Å²) in [7, 11) is 1.56. The number of hydrogen-bond acceptors (Lipinski definition) is 7. The molecule has 158 valence electrons. The predicted octanol–water partition coefficient (Wildman–Crippen LogP) is 3.53. The predicted molar refractivity (Wildman–Crippen MR) is 116 cm³/mol. The van der Waals surface area contributed by atoms with Crippen LogP contribution >= 0.6 is 11.3 Å². The molecular weight excluding hydrogens is 392 g/mol. The molecule has 1 aromatic carbocycles. The Morgan fingerprint density at radius 1 is 1.31 bits per heavy atom. The van der Waals surface area contributed by atoms with E-state index in [1.54, 1.807) is 30.6 Å². The van der Waals surface area contributed by atoms with Crippen LogP contribution in [0.5, 0.6) is 0 Å². The van der Waals surface area contributed by atoms with Gasteiger partial charge in [-0.15, -0.1) is 0 Å². The third kappa shape index (κ3) is 6.25. The van der Waals surface area contributed by atoms with E-state index in [4.69, 9.17) is 4.74 Å². The topological polar surface area (TPSA) is 96.7 Å². The van der Waals surface area contributed by atoms with Gasteiger partial charge in [0.05, 0.1) is 17.6 Å². The summed E-state index contributed by atoms with van der Waals surface area (Å²) >= 11 is 1.62. The fourth-order valence-corrected chi connectivity index (χ4v) is 3.85. The number of ether oxygens (including phenoxy) is 1. The van der Waals surface area contributed by atoms with Crippen LogP contribution in [0.2, 0.25) is 0 Å². The molecule has 0 fully saturated rings. The zero-order valence-corrected chi connectivity index (χ0v) is 17.8. The molecule has 29 heavy (non-hydrogen) atoms. The molecule has 1 aromatic heterocycles. The molecule has 1 amide bonds. The van der Waals surface area contributed by atoms with Crippen molar-refractivity contribution < 1.29 is 14.5 Å². The van der Waals surface area contributed by atoms with Crippen molar-refractivity contribution in [2.75, 3.05) is 45.2 Å². The zero-order valence-electron chi connectivity index (χ0n) is 17.0. The lowest BCUT2D eigenvalue weighted by atomic mass is 10.1. The SMILES string of the molecule is CCN(CC)C(CNC(=O)c1ccc(NCCOC)c([N+](=O)[O-])c1)c1ccsc1. The number of hydrogen-bond donors (Lipinski definition) is 2. The first-order valence-electron chi connectivity index (χ1n) is 9.57. The van der Waals surface area contributed by atoms with E-state index in [9.17, 15) is 14.9 Å². The molecule has 0 saturated carbocycles. The fraction of sp³-hybridized carbons (Fsp3) is 0.450. The number of anilines is 1. The molecule has 2 rings (SSSR count). The number of likely N-dealkylation sites (N-methyl/N-ethyl adjacent to an activating group) is 1. The fourth-order valence-electron chi connectivity index (χ4n) is 3.14. The van der Waals surface area contributed by atoms with Crippen molar-refractivity contribution in [1.82, 2.24) is 10.2 Å². The first-order chi connectivity index (χ1) is 14.0. The summed E-state index contributed by atoms with van der Waals surface area (Å²) < 4.78 is 4.95. The van der Waals surface area contributed by atoms with E-state index in [0.717, 1.165) is 18.7 Å². The van der Waals surface area contributed by atoms with Gasteiger partial charge in [-0.2, -0.15) is 11.3 Å². The van der Waals surface area contributed by atoms with Gasteiger partial charge in [0.25, 0.3) is 11.6 Å². The Hall–Kier alpha value is -2.49. The van der Waals surface area contributed by atoms with E-state index in [1.807, 2.05) is 5.38 Å². The first kappa shape index (κ1) is 22.8. The number of nitro benzene ring substituents is 1. The van der Waals surface area contributed by atoms with Gasteiger partial charge in [0.1, 0.15) is 5.69 Å². The molecule has 0 aliphatic carbocycles. The number of carbonyl (C=O) groups excluding carboxylic acids is 1. The standard InChI is InChI=1S/C20H28N4O4S/c1-4-23(5-2)19(16-8-11-29-14-16)13-22-20(25)15-6-7-17(21-9-10-28-3)18(12-15)24(26)27/h6-8,11-12,14,19,21H,4-5,9-10,13H2,1-3H3,(H,22,25). The molecular formula is C20H28N4O4S. The Morgan fingerprint density at radius 3 is 2.66 bits per heavy atom. The normalized spacial score (nSPS) is 12.0. The van der Waals surface area contributed by atoms with Gasteiger partial charge in [0.15, 0.2) is 0 Å². The number of nitro groups is 1. The van der Waals surface area contributed by atoms with Crippen molar-refractivity contribution in [3.05, 3.63) is 56.3 Å². The molecule has 2 aromatic rings. The molecule has 2 N–H and O–H groups in total. The molecule has 1 heterocycles. The molecule has 0 spiro atoms. The van der Waals surface area contributed by atoms with Gasteiger partial charge in [-0.1, -0.05) is 13.8 Å². The third-order valence-corrected chi connectivity index (χ3v) is 5.42. The number of carbonyl (C=O) groups is 1. The van der Waals surface area contributed by atoms with Crippen LogP contribution in [0, 0.1) is 10.1 Å². The van der Waals surface area contributed by atoms with Gasteiger partial charge in [0, 0.05) is 31.8 Å². The maximum Gasteiger partial charge on any atom is 0.293 e. The average molecular weight is 421 g/mol. The minimum absolute atomic E-state index is 0.0603. The van der Waals surface area contributed by atoms with Gasteiger partial charge >= 0.3 is 0 Å². The smallest absolute Gasteiger partial charge is 0.293 e. The molecule has 0 saturated heterocycles. The third-order valence-electron chi connectivity index (χ3n) is 4.72. The van der Waals surface area contributed by atoms with Crippen LogP contribution in [0.15, 0.2) is 35.0 Å². The highest BCUT2D eigenvalue weighted by atomic mass is 32.1. The summed E-state index contributed by atoms with van der Waals surface area (Å²) in [6.45, 7) is 7.19. The summed E-state index contributed by atoms with van der Waals surface area (Å²) in [4.78, 5) is 25.9. The van der Waals surface area contributed by atoms with E-state index in [-0.39, 0.29) is 23.2 Å². The highest BCUT2D eigenvalue weighted by molar-refractivity contribution is 7.07. The number of rotatable bonds is 12. The van der Waals surface area contributed by atoms with Crippen LogP contribution in [-0.2, 0) is 4.74 Å². The van der Waals surface area contributed by atoms with E-state index in [0.29, 0.717) is 25.4 Å².